The second kappa shape index (κ2) is 4.00. The molecule has 1 N–H and O–H groups in total. The number of rotatable bonds is 2. The molecule has 0 spiro atoms. The van der Waals surface area contributed by atoms with Gasteiger partial charge >= 0.3 is 5.97 Å². The largest absolute Gasteiger partial charge is 0.478 e. The van der Waals surface area contributed by atoms with E-state index in [9.17, 15) is 4.79 Å². The zero-order chi connectivity index (χ0) is 10.8. The predicted octanol–water partition coefficient (Wildman–Crippen LogP) is 2.19. The molecule has 1 aromatic carbocycles. The lowest BCUT2D eigenvalue weighted by molar-refractivity contribution is 0.0693. The SMILES string of the molecule is O=C(O)c1ccc(-c2csnn2)cc1S. The van der Waals surface area contributed by atoms with E-state index in [1.165, 1.54) is 17.6 Å². The van der Waals surface area contributed by atoms with E-state index in [1.807, 2.05) is 0 Å². The van der Waals surface area contributed by atoms with Crippen molar-refractivity contribution in [1.29, 1.82) is 0 Å². The lowest BCUT2D eigenvalue weighted by Gasteiger charge is -2.01. The summed E-state index contributed by atoms with van der Waals surface area (Å²) in [6.45, 7) is 0. The normalized spacial score (nSPS) is 10.2. The van der Waals surface area contributed by atoms with E-state index >= 15 is 0 Å². The molecule has 2 rings (SSSR count). The third kappa shape index (κ3) is 2.00. The van der Waals surface area contributed by atoms with E-state index in [0.29, 0.717) is 4.90 Å². The lowest BCUT2D eigenvalue weighted by Crippen LogP contribution is -1.97. The van der Waals surface area contributed by atoms with E-state index < -0.39 is 5.97 Å². The van der Waals surface area contributed by atoms with Crippen molar-refractivity contribution < 1.29 is 9.90 Å². The van der Waals surface area contributed by atoms with Gasteiger partial charge in [0.2, 0.25) is 0 Å². The first-order chi connectivity index (χ1) is 7.18. The number of hydrogen-bond donors (Lipinski definition) is 2. The maximum absolute atomic E-state index is 10.7. The molecule has 0 amide bonds. The molecule has 6 heteroatoms. The van der Waals surface area contributed by atoms with Crippen LogP contribution >= 0.6 is 24.2 Å². The Hall–Kier alpha value is -1.40. The van der Waals surface area contributed by atoms with Crippen LogP contribution in [-0.2, 0) is 0 Å². The Bertz CT molecular complexity index is 497. The molecule has 15 heavy (non-hydrogen) atoms. The molecule has 0 saturated carbocycles. The molecule has 1 heterocycles. The minimum Gasteiger partial charge on any atom is -0.478 e. The maximum atomic E-state index is 10.7. The van der Waals surface area contributed by atoms with Crippen molar-refractivity contribution in [2.75, 3.05) is 0 Å². The predicted molar refractivity (Wildman–Crippen MR) is 59.6 cm³/mol. The van der Waals surface area contributed by atoms with Gasteiger partial charge in [0.05, 0.1) is 5.56 Å². The molecule has 0 aliphatic rings. The van der Waals surface area contributed by atoms with Crippen molar-refractivity contribution in [3.8, 4) is 11.3 Å². The number of aromatic nitrogens is 2. The van der Waals surface area contributed by atoms with E-state index in [4.69, 9.17) is 5.11 Å². The van der Waals surface area contributed by atoms with Crippen molar-refractivity contribution in [2.24, 2.45) is 0 Å². The van der Waals surface area contributed by atoms with Crippen molar-refractivity contribution in [1.82, 2.24) is 9.59 Å². The summed E-state index contributed by atoms with van der Waals surface area (Å²) in [4.78, 5) is 11.2. The molecule has 76 valence electrons. The quantitative estimate of drug-likeness (QED) is 0.787. The molecule has 0 radical (unpaired) electrons. The molecule has 1 aromatic heterocycles. The number of nitrogens with zero attached hydrogens (tertiary/aromatic N) is 2. The van der Waals surface area contributed by atoms with Crippen LogP contribution in [0.3, 0.4) is 0 Å². The van der Waals surface area contributed by atoms with Crippen LogP contribution in [0.4, 0.5) is 0 Å². The van der Waals surface area contributed by atoms with E-state index in [1.54, 1.807) is 17.5 Å². The van der Waals surface area contributed by atoms with Crippen LogP contribution in [0, 0.1) is 0 Å². The maximum Gasteiger partial charge on any atom is 0.336 e. The summed E-state index contributed by atoms with van der Waals surface area (Å²) >= 11 is 5.36. The Morgan fingerprint density at radius 2 is 2.27 bits per heavy atom. The molecule has 0 aliphatic carbocycles. The van der Waals surface area contributed by atoms with Gasteiger partial charge in [0.25, 0.3) is 0 Å². The molecule has 0 fully saturated rings. The summed E-state index contributed by atoms with van der Waals surface area (Å²) in [7, 11) is 0. The Morgan fingerprint density at radius 3 is 2.80 bits per heavy atom. The fraction of sp³-hybridized carbons (Fsp3) is 0. The van der Waals surface area contributed by atoms with Crippen molar-refractivity contribution in [2.45, 2.75) is 4.90 Å². The Kier molecular flexibility index (Phi) is 2.70. The Morgan fingerprint density at radius 1 is 1.47 bits per heavy atom. The standard InChI is InChI=1S/C9H6N2O2S2/c12-9(13)6-2-1-5(3-8(6)14)7-4-15-11-10-7/h1-4,14H,(H,12,13). The molecule has 0 saturated heterocycles. The van der Waals surface area contributed by atoms with E-state index in [0.717, 1.165) is 11.3 Å². The number of carboxylic acids is 1. The van der Waals surface area contributed by atoms with Gasteiger partial charge in [-0.15, -0.1) is 17.7 Å². The molecule has 2 aromatic rings. The van der Waals surface area contributed by atoms with Crippen LogP contribution < -0.4 is 0 Å². The van der Waals surface area contributed by atoms with Crippen molar-refractivity contribution in [3.63, 3.8) is 0 Å². The zero-order valence-electron chi connectivity index (χ0n) is 7.41. The van der Waals surface area contributed by atoms with Gasteiger partial charge in [0.1, 0.15) is 5.69 Å². The van der Waals surface area contributed by atoms with Crippen molar-refractivity contribution >= 4 is 30.1 Å². The first-order valence-electron chi connectivity index (χ1n) is 4.02. The molecular weight excluding hydrogens is 232 g/mol. The Labute approximate surface area is 95.2 Å². The van der Waals surface area contributed by atoms with E-state index in [-0.39, 0.29) is 5.56 Å². The number of benzene rings is 1. The number of thiol groups is 1. The van der Waals surface area contributed by atoms with Gasteiger partial charge in [-0.2, -0.15) is 0 Å². The summed E-state index contributed by atoms with van der Waals surface area (Å²) in [6.07, 6.45) is 0. The minimum atomic E-state index is -0.983. The fourth-order valence-electron chi connectivity index (χ4n) is 1.16. The fourth-order valence-corrected chi connectivity index (χ4v) is 1.94. The van der Waals surface area contributed by atoms with Crippen molar-refractivity contribution in [3.05, 3.63) is 29.1 Å². The third-order valence-electron chi connectivity index (χ3n) is 1.88. The Balaban J connectivity index is 2.47. The highest BCUT2D eigenvalue weighted by Crippen LogP contribution is 2.23. The second-order valence-electron chi connectivity index (χ2n) is 2.83. The minimum absolute atomic E-state index is 0.185. The summed E-state index contributed by atoms with van der Waals surface area (Å²) in [5.74, 6) is -0.983. The van der Waals surface area contributed by atoms with Crippen LogP contribution in [-0.4, -0.2) is 20.7 Å². The van der Waals surface area contributed by atoms with Crippen LogP contribution in [0.5, 0.6) is 0 Å². The molecule has 0 aliphatic heterocycles. The van der Waals surface area contributed by atoms with Crippen LogP contribution in [0.25, 0.3) is 11.3 Å². The smallest absolute Gasteiger partial charge is 0.336 e. The monoisotopic (exact) mass is 238 g/mol. The van der Waals surface area contributed by atoms with Crippen LogP contribution in [0.15, 0.2) is 28.5 Å². The van der Waals surface area contributed by atoms with Crippen LogP contribution in [0.1, 0.15) is 10.4 Å². The highest BCUT2D eigenvalue weighted by atomic mass is 32.1. The molecule has 4 nitrogen and oxygen atoms in total. The third-order valence-corrected chi connectivity index (χ3v) is 2.76. The van der Waals surface area contributed by atoms with Gasteiger partial charge in [0, 0.05) is 15.8 Å². The van der Waals surface area contributed by atoms with Gasteiger partial charge in [-0.25, -0.2) is 4.79 Å². The number of hydrogen-bond acceptors (Lipinski definition) is 5. The number of carbonyl (C=O) groups is 1. The molecule has 0 unspecified atom stereocenters. The topological polar surface area (TPSA) is 63.1 Å². The summed E-state index contributed by atoms with van der Waals surface area (Å²) < 4.78 is 3.74. The van der Waals surface area contributed by atoms with Gasteiger partial charge in [0.15, 0.2) is 0 Å². The van der Waals surface area contributed by atoms with Gasteiger partial charge in [-0.3, -0.25) is 0 Å². The lowest BCUT2D eigenvalue weighted by atomic mass is 10.1. The summed E-state index contributed by atoms with van der Waals surface area (Å²) in [5, 5.41) is 14.5. The van der Waals surface area contributed by atoms with Crippen LogP contribution in [0.2, 0.25) is 0 Å². The summed E-state index contributed by atoms with van der Waals surface area (Å²) in [5.41, 5.74) is 1.73. The molecule has 0 atom stereocenters. The van der Waals surface area contributed by atoms with E-state index in [2.05, 4.69) is 22.2 Å². The average molecular weight is 238 g/mol. The summed E-state index contributed by atoms with van der Waals surface area (Å²) in [6, 6.07) is 4.88. The first kappa shape index (κ1) is 10.1. The molecule has 0 bridgehead atoms. The average Bonchev–Trinajstić information content (AvgIpc) is 2.69. The number of carboxylic acid groups (broad SMARTS) is 1. The highest BCUT2D eigenvalue weighted by molar-refractivity contribution is 7.80. The number of aromatic carboxylic acids is 1. The van der Waals surface area contributed by atoms with Gasteiger partial charge in [-0.1, -0.05) is 10.6 Å². The zero-order valence-corrected chi connectivity index (χ0v) is 9.13. The van der Waals surface area contributed by atoms with Gasteiger partial charge < -0.3 is 5.11 Å². The van der Waals surface area contributed by atoms with Gasteiger partial charge in [-0.05, 0) is 23.7 Å². The first-order valence-corrected chi connectivity index (χ1v) is 5.30. The highest BCUT2D eigenvalue weighted by Gasteiger charge is 2.09. The molecular formula is C9H6N2O2S2. The second-order valence-corrected chi connectivity index (χ2v) is 3.92.